The Bertz CT molecular complexity index is 1540. The van der Waals surface area contributed by atoms with Crippen molar-refractivity contribution in [2.75, 3.05) is 6.26 Å². The first-order valence-electron chi connectivity index (χ1n) is 10.8. The van der Waals surface area contributed by atoms with Crippen molar-refractivity contribution >= 4 is 21.4 Å². The van der Waals surface area contributed by atoms with Gasteiger partial charge in [0.25, 0.3) is 0 Å². The summed E-state index contributed by atoms with van der Waals surface area (Å²) in [5.74, 6) is -0.0723. The smallest absolute Gasteiger partial charge is 0.384 e. The molecule has 10 heteroatoms. The summed E-state index contributed by atoms with van der Waals surface area (Å²) in [4.78, 5) is 4.50. The standard InChI is InChI=1S/C26H22ClF3N2O3S/c1-25(2,33)22-23(27)32(24(31-22)20-9-4-5-10-21(20)26(28,29)30)18-13-11-16(12-14-18)17-7-6-8-19(15-17)36(3,34)35/h4-15,33H,1-3H3. The third-order valence-electron chi connectivity index (χ3n) is 5.60. The van der Waals surface area contributed by atoms with E-state index in [0.29, 0.717) is 16.8 Å². The minimum absolute atomic E-state index is 0.0266. The second-order valence-corrected chi connectivity index (χ2v) is 11.2. The third kappa shape index (κ3) is 5.04. The number of benzene rings is 3. The molecule has 0 radical (unpaired) electrons. The molecular formula is C26H22ClF3N2O3S. The quantitative estimate of drug-likeness (QED) is 0.317. The van der Waals surface area contributed by atoms with E-state index >= 15 is 0 Å². The van der Waals surface area contributed by atoms with Gasteiger partial charge < -0.3 is 5.11 Å². The van der Waals surface area contributed by atoms with E-state index in [1.165, 1.54) is 42.7 Å². The van der Waals surface area contributed by atoms with Crippen molar-refractivity contribution < 1.29 is 26.7 Å². The van der Waals surface area contributed by atoms with Gasteiger partial charge in [0.15, 0.2) is 9.84 Å². The number of hydrogen-bond donors (Lipinski definition) is 1. The monoisotopic (exact) mass is 534 g/mol. The van der Waals surface area contributed by atoms with E-state index in [-0.39, 0.29) is 27.1 Å². The molecule has 1 N–H and O–H groups in total. The molecule has 0 saturated carbocycles. The summed E-state index contributed by atoms with van der Waals surface area (Å²) in [7, 11) is -3.40. The Morgan fingerprint density at radius 1 is 0.917 bits per heavy atom. The summed E-state index contributed by atoms with van der Waals surface area (Å²) in [5, 5.41) is 10.6. The molecule has 36 heavy (non-hydrogen) atoms. The van der Waals surface area contributed by atoms with Gasteiger partial charge in [-0.25, -0.2) is 13.4 Å². The highest BCUT2D eigenvalue weighted by atomic mass is 35.5. The molecule has 0 atom stereocenters. The van der Waals surface area contributed by atoms with Crippen LogP contribution in [0.5, 0.6) is 0 Å². The van der Waals surface area contributed by atoms with Crippen molar-refractivity contribution in [3.63, 3.8) is 0 Å². The number of alkyl halides is 3. The fourth-order valence-electron chi connectivity index (χ4n) is 3.84. The molecule has 4 rings (SSSR count). The topological polar surface area (TPSA) is 72.2 Å². The first-order valence-corrected chi connectivity index (χ1v) is 13.0. The van der Waals surface area contributed by atoms with Crippen LogP contribution in [0, 0.1) is 0 Å². The molecule has 0 unspecified atom stereocenters. The molecule has 0 aliphatic rings. The van der Waals surface area contributed by atoms with Gasteiger partial charge in [0.1, 0.15) is 22.3 Å². The molecule has 0 spiro atoms. The zero-order valence-electron chi connectivity index (χ0n) is 19.5. The first-order chi connectivity index (χ1) is 16.7. The van der Waals surface area contributed by atoms with E-state index < -0.39 is 27.2 Å². The average Bonchev–Trinajstić information content (AvgIpc) is 3.15. The number of hydrogen-bond acceptors (Lipinski definition) is 4. The Morgan fingerprint density at radius 2 is 1.56 bits per heavy atom. The Morgan fingerprint density at radius 3 is 2.14 bits per heavy atom. The summed E-state index contributed by atoms with van der Waals surface area (Å²) in [6.07, 6.45) is -3.51. The fourth-order valence-corrected chi connectivity index (χ4v) is 4.96. The molecular weight excluding hydrogens is 513 g/mol. The van der Waals surface area contributed by atoms with Gasteiger partial charge >= 0.3 is 6.18 Å². The molecule has 5 nitrogen and oxygen atoms in total. The second kappa shape index (κ2) is 9.06. The minimum atomic E-state index is -4.64. The van der Waals surface area contributed by atoms with Crippen LogP contribution >= 0.6 is 11.6 Å². The zero-order valence-corrected chi connectivity index (χ0v) is 21.1. The lowest BCUT2D eigenvalue weighted by Crippen LogP contribution is -2.16. The number of halogens is 4. The highest BCUT2D eigenvalue weighted by Crippen LogP contribution is 2.41. The summed E-state index contributed by atoms with van der Waals surface area (Å²) in [6.45, 7) is 2.89. The molecule has 0 aliphatic heterocycles. The Balaban J connectivity index is 1.89. The Hall–Kier alpha value is -3.14. The van der Waals surface area contributed by atoms with Crippen molar-refractivity contribution in [3.8, 4) is 28.2 Å². The van der Waals surface area contributed by atoms with Crippen LogP contribution in [0.2, 0.25) is 5.15 Å². The van der Waals surface area contributed by atoms with Gasteiger partial charge in [0.05, 0.1) is 10.5 Å². The van der Waals surface area contributed by atoms with E-state index in [1.807, 2.05) is 0 Å². The van der Waals surface area contributed by atoms with Gasteiger partial charge in [0, 0.05) is 17.5 Å². The van der Waals surface area contributed by atoms with E-state index in [2.05, 4.69) is 4.98 Å². The van der Waals surface area contributed by atoms with Gasteiger partial charge in [-0.15, -0.1) is 0 Å². The molecule has 3 aromatic carbocycles. The van der Waals surface area contributed by atoms with Crippen LogP contribution in [0.1, 0.15) is 25.1 Å². The highest BCUT2D eigenvalue weighted by molar-refractivity contribution is 7.90. The maximum atomic E-state index is 13.8. The lowest BCUT2D eigenvalue weighted by Gasteiger charge is -2.15. The van der Waals surface area contributed by atoms with Gasteiger partial charge in [-0.1, -0.05) is 54.1 Å². The van der Waals surface area contributed by atoms with E-state index in [9.17, 15) is 26.7 Å². The number of rotatable bonds is 5. The predicted octanol–water partition coefficient (Wildman–Crippen LogP) is 6.51. The van der Waals surface area contributed by atoms with Crippen LogP contribution in [-0.2, 0) is 21.6 Å². The molecule has 0 saturated heterocycles. The maximum Gasteiger partial charge on any atom is 0.417 e. The molecule has 0 amide bonds. The van der Waals surface area contributed by atoms with Crippen LogP contribution in [0.15, 0.2) is 77.7 Å². The number of sulfone groups is 1. The molecule has 4 aromatic rings. The molecule has 0 fully saturated rings. The van der Waals surface area contributed by atoms with Crippen molar-refractivity contribution in [2.45, 2.75) is 30.5 Å². The summed E-state index contributed by atoms with van der Waals surface area (Å²) >= 11 is 6.59. The van der Waals surface area contributed by atoms with Gasteiger partial charge in [-0.3, -0.25) is 4.57 Å². The number of imidazole rings is 1. The SMILES string of the molecule is CC(C)(O)c1nc(-c2ccccc2C(F)(F)F)n(-c2ccc(-c3cccc(S(C)(=O)=O)c3)cc2)c1Cl. The Kier molecular flexibility index (Phi) is 6.53. The molecule has 0 aliphatic carbocycles. The van der Waals surface area contributed by atoms with Crippen LogP contribution in [0.25, 0.3) is 28.2 Å². The molecule has 1 heterocycles. The first kappa shape index (κ1) is 25.9. The third-order valence-corrected chi connectivity index (χ3v) is 7.05. The zero-order chi connectivity index (χ0) is 26.5. The maximum absolute atomic E-state index is 13.8. The largest absolute Gasteiger partial charge is 0.417 e. The lowest BCUT2D eigenvalue weighted by atomic mass is 10.0. The van der Waals surface area contributed by atoms with Crippen molar-refractivity contribution in [3.05, 3.63) is 89.2 Å². The van der Waals surface area contributed by atoms with E-state index in [1.54, 1.807) is 42.5 Å². The minimum Gasteiger partial charge on any atom is -0.384 e. The van der Waals surface area contributed by atoms with Crippen LogP contribution in [0.3, 0.4) is 0 Å². The summed E-state index contributed by atoms with van der Waals surface area (Å²) in [5.41, 5.74) is -0.798. The predicted molar refractivity (Wildman–Crippen MR) is 133 cm³/mol. The number of aromatic nitrogens is 2. The van der Waals surface area contributed by atoms with Gasteiger partial charge in [0.2, 0.25) is 0 Å². The van der Waals surface area contributed by atoms with Crippen LogP contribution in [0.4, 0.5) is 13.2 Å². The summed E-state index contributed by atoms with van der Waals surface area (Å²) in [6, 6.07) is 18.2. The molecule has 188 valence electrons. The van der Waals surface area contributed by atoms with Crippen molar-refractivity contribution in [1.82, 2.24) is 9.55 Å². The van der Waals surface area contributed by atoms with Crippen LogP contribution in [-0.4, -0.2) is 29.3 Å². The normalized spacial score (nSPS) is 12.7. The Labute approximate surface area is 211 Å². The van der Waals surface area contributed by atoms with E-state index in [0.717, 1.165) is 12.3 Å². The van der Waals surface area contributed by atoms with Gasteiger partial charge in [-0.2, -0.15) is 13.2 Å². The number of aliphatic hydroxyl groups is 1. The van der Waals surface area contributed by atoms with Crippen molar-refractivity contribution in [1.29, 1.82) is 0 Å². The molecule has 0 bridgehead atoms. The van der Waals surface area contributed by atoms with Crippen LogP contribution < -0.4 is 0 Å². The fraction of sp³-hybridized carbons (Fsp3) is 0.192. The number of nitrogens with zero attached hydrogens (tertiary/aromatic N) is 2. The molecule has 1 aromatic heterocycles. The summed E-state index contributed by atoms with van der Waals surface area (Å²) < 4.78 is 66.6. The van der Waals surface area contributed by atoms with E-state index in [4.69, 9.17) is 11.6 Å². The average molecular weight is 535 g/mol. The van der Waals surface area contributed by atoms with Gasteiger partial charge in [-0.05, 0) is 55.3 Å². The highest BCUT2D eigenvalue weighted by Gasteiger charge is 2.36. The lowest BCUT2D eigenvalue weighted by molar-refractivity contribution is -0.137. The van der Waals surface area contributed by atoms with Crippen molar-refractivity contribution in [2.24, 2.45) is 0 Å². The second-order valence-electron chi connectivity index (χ2n) is 8.86.